The summed E-state index contributed by atoms with van der Waals surface area (Å²) in [5.41, 5.74) is 6.88. The fraction of sp³-hybridized carbons (Fsp3) is 0.571. The summed E-state index contributed by atoms with van der Waals surface area (Å²) in [7, 11) is 0. The first-order valence-electron chi connectivity index (χ1n) is 6.30. The maximum atomic E-state index is 5.44. The van der Waals surface area contributed by atoms with Gasteiger partial charge >= 0.3 is 0 Å². The number of nitrogens with one attached hydrogen (secondary N) is 1. The van der Waals surface area contributed by atoms with Crippen LogP contribution in [0.5, 0.6) is 0 Å². The van der Waals surface area contributed by atoms with Gasteiger partial charge in [0.2, 0.25) is 0 Å². The van der Waals surface area contributed by atoms with Crippen LogP contribution in [0.2, 0.25) is 0 Å². The molecule has 0 fully saturated rings. The molecule has 0 heterocycles. The van der Waals surface area contributed by atoms with Crippen LogP contribution >= 0.6 is 0 Å². The number of unbranched alkanes of at least 4 members (excludes halogenated alkanes) is 1. The molecule has 3 N–H and O–H groups in total. The first kappa shape index (κ1) is 13.2. The number of benzene rings is 1. The second kappa shape index (κ2) is 8.31. The minimum atomic E-state index is 0.642. The van der Waals surface area contributed by atoms with Gasteiger partial charge in [0.25, 0.3) is 0 Å². The van der Waals surface area contributed by atoms with E-state index in [0.717, 1.165) is 26.1 Å². The molecule has 16 heavy (non-hydrogen) atoms. The Morgan fingerprint density at radius 2 is 1.88 bits per heavy atom. The van der Waals surface area contributed by atoms with Crippen molar-refractivity contribution in [3.63, 3.8) is 0 Å². The van der Waals surface area contributed by atoms with Crippen LogP contribution in [0.15, 0.2) is 30.3 Å². The Morgan fingerprint density at radius 3 is 2.56 bits per heavy atom. The number of hydrogen-bond donors (Lipinski definition) is 2. The van der Waals surface area contributed by atoms with Gasteiger partial charge in [0.15, 0.2) is 0 Å². The second-order valence-corrected chi connectivity index (χ2v) is 4.35. The molecule has 0 spiro atoms. The van der Waals surface area contributed by atoms with E-state index in [1.807, 2.05) is 0 Å². The summed E-state index contributed by atoms with van der Waals surface area (Å²) < 4.78 is 0. The van der Waals surface area contributed by atoms with Crippen molar-refractivity contribution in [3.05, 3.63) is 35.9 Å². The van der Waals surface area contributed by atoms with E-state index in [-0.39, 0.29) is 0 Å². The molecule has 1 atom stereocenters. The van der Waals surface area contributed by atoms with Crippen molar-refractivity contribution in [2.75, 3.05) is 19.6 Å². The van der Waals surface area contributed by atoms with Crippen LogP contribution in [-0.4, -0.2) is 19.6 Å². The molecule has 1 unspecified atom stereocenters. The lowest BCUT2D eigenvalue weighted by atomic mass is 9.98. The third-order valence-corrected chi connectivity index (χ3v) is 2.93. The van der Waals surface area contributed by atoms with Crippen LogP contribution in [0.25, 0.3) is 0 Å². The molecule has 1 aromatic carbocycles. The quantitative estimate of drug-likeness (QED) is 0.661. The van der Waals surface area contributed by atoms with Gasteiger partial charge < -0.3 is 11.1 Å². The molecule has 2 heteroatoms. The predicted molar refractivity (Wildman–Crippen MR) is 70.6 cm³/mol. The Bertz CT molecular complexity index is 259. The molecule has 0 saturated heterocycles. The van der Waals surface area contributed by atoms with Crippen molar-refractivity contribution in [2.24, 2.45) is 5.73 Å². The van der Waals surface area contributed by atoms with E-state index in [1.165, 1.54) is 18.4 Å². The van der Waals surface area contributed by atoms with Gasteiger partial charge in [-0.2, -0.15) is 0 Å². The monoisotopic (exact) mass is 220 g/mol. The largest absolute Gasteiger partial charge is 0.330 e. The van der Waals surface area contributed by atoms with Crippen LogP contribution in [0.4, 0.5) is 0 Å². The van der Waals surface area contributed by atoms with E-state index >= 15 is 0 Å². The number of nitrogens with two attached hydrogens (primary N) is 1. The van der Waals surface area contributed by atoms with E-state index in [2.05, 4.69) is 42.6 Å². The standard InChI is InChI=1S/C14H24N2/c1-13(14-7-3-2-4-8-14)9-12-16-11-6-5-10-15/h2-4,7-8,13,16H,5-6,9-12,15H2,1H3. The Hall–Kier alpha value is -0.860. The zero-order valence-corrected chi connectivity index (χ0v) is 10.3. The normalized spacial score (nSPS) is 12.6. The van der Waals surface area contributed by atoms with Crippen LogP contribution in [0.3, 0.4) is 0 Å². The molecule has 0 amide bonds. The van der Waals surface area contributed by atoms with E-state index < -0.39 is 0 Å². The molecular formula is C14H24N2. The minimum absolute atomic E-state index is 0.642. The first-order valence-corrected chi connectivity index (χ1v) is 6.30. The summed E-state index contributed by atoms with van der Waals surface area (Å²) >= 11 is 0. The molecule has 1 rings (SSSR count). The summed E-state index contributed by atoms with van der Waals surface area (Å²) in [6.07, 6.45) is 3.52. The Balaban J connectivity index is 2.09. The smallest absolute Gasteiger partial charge is 0.00432 e. The maximum Gasteiger partial charge on any atom is -0.00432 e. The molecule has 0 saturated carbocycles. The average molecular weight is 220 g/mol. The van der Waals surface area contributed by atoms with Gasteiger partial charge in [-0.25, -0.2) is 0 Å². The van der Waals surface area contributed by atoms with Gasteiger partial charge in [0, 0.05) is 0 Å². The fourth-order valence-corrected chi connectivity index (χ4v) is 1.79. The molecule has 2 nitrogen and oxygen atoms in total. The molecule has 0 radical (unpaired) electrons. The number of hydrogen-bond acceptors (Lipinski definition) is 2. The van der Waals surface area contributed by atoms with Crippen molar-refractivity contribution >= 4 is 0 Å². The summed E-state index contributed by atoms with van der Waals surface area (Å²) in [5.74, 6) is 0.642. The zero-order valence-electron chi connectivity index (χ0n) is 10.3. The van der Waals surface area contributed by atoms with Gasteiger partial charge in [-0.3, -0.25) is 0 Å². The van der Waals surface area contributed by atoms with Crippen molar-refractivity contribution in [2.45, 2.75) is 32.1 Å². The molecule has 0 aliphatic heterocycles. The van der Waals surface area contributed by atoms with Crippen LogP contribution in [-0.2, 0) is 0 Å². The molecule has 0 aromatic heterocycles. The van der Waals surface area contributed by atoms with Crippen LogP contribution in [0, 0.1) is 0 Å². The van der Waals surface area contributed by atoms with Gasteiger partial charge in [-0.05, 0) is 50.4 Å². The Labute approximate surface area is 99.2 Å². The van der Waals surface area contributed by atoms with E-state index in [0.29, 0.717) is 5.92 Å². The van der Waals surface area contributed by atoms with Crippen molar-refractivity contribution < 1.29 is 0 Å². The molecule has 0 bridgehead atoms. The first-order chi connectivity index (χ1) is 7.84. The van der Waals surface area contributed by atoms with E-state index in [9.17, 15) is 0 Å². The highest BCUT2D eigenvalue weighted by molar-refractivity contribution is 5.18. The minimum Gasteiger partial charge on any atom is -0.330 e. The van der Waals surface area contributed by atoms with Crippen LogP contribution < -0.4 is 11.1 Å². The van der Waals surface area contributed by atoms with Crippen LogP contribution in [0.1, 0.15) is 37.7 Å². The highest BCUT2D eigenvalue weighted by Crippen LogP contribution is 2.17. The highest BCUT2D eigenvalue weighted by atomic mass is 14.8. The maximum absolute atomic E-state index is 5.44. The highest BCUT2D eigenvalue weighted by Gasteiger charge is 2.03. The van der Waals surface area contributed by atoms with Gasteiger partial charge in [-0.15, -0.1) is 0 Å². The number of rotatable bonds is 8. The average Bonchev–Trinajstić information content (AvgIpc) is 2.34. The lowest BCUT2D eigenvalue weighted by Gasteiger charge is -2.12. The Kier molecular flexibility index (Phi) is 6.86. The SMILES string of the molecule is CC(CCNCCCCN)c1ccccc1. The van der Waals surface area contributed by atoms with Gasteiger partial charge in [-0.1, -0.05) is 37.3 Å². The van der Waals surface area contributed by atoms with Gasteiger partial charge in [0.05, 0.1) is 0 Å². The van der Waals surface area contributed by atoms with E-state index in [4.69, 9.17) is 5.73 Å². The molecule has 0 aliphatic rings. The van der Waals surface area contributed by atoms with Crippen molar-refractivity contribution in [3.8, 4) is 0 Å². The van der Waals surface area contributed by atoms with Crippen molar-refractivity contribution in [1.82, 2.24) is 5.32 Å². The van der Waals surface area contributed by atoms with Gasteiger partial charge in [0.1, 0.15) is 0 Å². The Morgan fingerprint density at radius 1 is 1.12 bits per heavy atom. The van der Waals surface area contributed by atoms with Crippen molar-refractivity contribution in [1.29, 1.82) is 0 Å². The lowest BCUT2D eigenvalue weighted by Crippen LogP contribution is -2.19. The molecule has 90 valence electrons. The summed E-state index contributed by atoms with van der Waals surface area (Å²) in [6.45, 7) is 5.29. The molecule has 0 aliphatic carbocycles. The predicted octanol–water partition coefficient (Wildman–Crippen LogP) is 2.51. The molecular weight excluding hydrogens is 196 g/mol. The third kappa shape index (κ3) is 5.29. The second-order valence-electron chi connectivity index (χ2n) is 4.35. The summed E-state index contributed by atoms with van der Waals surface area (Å²) in [6, 6.07) is 10.7. The summed E-state index contributed by atoms with van der Waals surface area (Å²) in [4.78, 5) is 0. The lowest BCUT2D eigenvalue weighted by molar-refractivity contribution is 0.573. The van der Waals surface area contributed by atoms with E-state index in [1.54, 1.807) is 0 Å². The third-order valence-electron chi connectivity index (χ3n) is 2.93. The molecule has 1 aromatic rings. The summed E-state index contributed by atoms with van der Waals surface area (Å²) in [5, 5.41) is 3.47. The zero-order chi connectivity index (χ0) is 11.6. The fourth-order valence-electron chi connectivity index (χ4n) is 1.79. The topological polar surface area (TPSA) is 38.0 Å².